The molecule has 0 spiro atoms. The number of hydrogen-bond donors (Lipinski definition) is 0. The SMILES string of the molecule is [CH]1CC=CC=C1C12CC3CC(CC(C3)C1)C2. The average Bonchev–Trinajstić information content (AvgIpc) is 2.28. The minimum atomic E-state index is 0.625. The molecule has 85 valence electrons. The summed E-state index contributed by atoms with van der Waals surface area (Å²) in [6, 6.07) is 0. The Labute approximate surface area is 98.8 Å². The van der Waals surface area contributed by atoms with Crippen molar-refractivity contribution in [1.29, 1.82) is 0 Å². The standard InChI is InChI=1S/C16H21/c1-2-4-15(5-3-1)16-9-12-6-13(10-16)8-14(7-12)11-16/h1-2,4-5,12-14H,3,6-11H2. The lowest BCUT2D eigenvalue weighted by molar-refractivity contribution is -0.0296. The molecule has 16 heavy (non-hydrogen) atoms. The van der Waals surface area contributed by atoms with Crippen molar-refractivity contribution in [1.82, 2.24) is 0 Å². The van der Waals surface area contributed by atoms with Gasteiger partial charge in [0.05, 0.1) is 0 Å². The average molecular weight is 213 g/mol. The van der Waals surface area contributed by atoms with Gasteiger partial charge in [-0.05, 0) is 74.5 Å². The fraction of sp³-hybridized carbons (Fsp3) is 0.688. The van der Waals surface area contributed by atoms with Gasteiger partial charge in [-0.15, -0.1) is 0 Å². The van der Waals surface area contributed by atoms with Gasteiger partial charge >= 0.3 is 0 Å². The Balaban J connectivity index is 1.71. The molecular weight excluding hydrogens is 192 g/mol. The summed E-state index contributed by atoms with van der Waals surface area (Å²) < 4.78 is 0. The van der Waals surface area contributed by atoms with Crippen LogP contribution in [0.1, 0.15) is 44.9 Å². The van der Waals surface area contributed by atoms with E-state index >= 15 is 0 Å². The third-order valence-corrected chi connectivity index (χ3v) is 5.54. The van der Waals surface area contributed by atoms with Crippen molar-refractivity contribution < 1.29 is 0 Å². The molecule has 0 atom stereocenters. The van der Waals surface area contributed by atoms with Gasteiger partial charge in [0.1, 0.15) is 0 Å². The van der Waals surface area contributed by atoms with Crippen LogP contribution in [-0.2, 0) is 0 Å². The zero-order valence-electron chi connectivity index (χ0n) is 9.99. The molecule has 4 saturated carbocycles. The van der Waals surface area contributed by atoms with E-state index in [2.05, 4.69) is 24.6 Å². The van der Waals surface area contributed by atoms with Crippen molar-refractivity contribution in [2.24, 2.45) is 23.2 Å². The largest absolute Gasteiger partial charge is 0.0839 e. The minimum Gasteiger partial charge on any atom is -0.0839 e. The molecule has 0 unspecified atom stereocenters. The highest BCUT2D eigenvalue weighted by Crippen LogP contribution is 2.63. The van der Waals surface area contributed by atoms with Crippen molar-refractivity contribution in [3.63, 3.8) is 0 Å². The summed E-state index contributed by atoms with van der Waals surface area (Å²) in [6.07, 6.45) is 19.9. The lowest BCUT2D eigenvalue weighted by atomic mass is 9.47. The number of allylic oxidation sites excluding steroid dienone is 4. The summed E-state index contributed by atoms with van der Waals surface area (Å²) in [7, 11) is 0. The molecule has 4 bridgehead atoms. The smallest absolute Gasteiger partial charge is 0.00739 e. The quantitative estimate of drug-likeness (QED) is 0.609. The van der Waals surface area contributed by atoms with Crippen molar-refractivity contribution in [3.8, 4) is 0 Å². The van der Waals surface area contributed by atoms with E-state index in [1.807, 2.05) is 0 Å². The lowest BCUT2D eigenvalue weighted by Crippen LogP contribution is -2.47. The van der Waals surface area contributed by atoms with E-state index in [-0.39, 0.29) is 0 Å². The van der Waals surface area contributed by atoms with E-state index in [0.717, 1.165) is 17.8 Å². The highest BCUT2D eigenvalue weighted by atomic mass is 14.6. The topological polar surface area (TPSA) is 0 Å². The molecule has 5 rings (SSSR count). The first-order chi connectivity index (χ1) is 7.84. The molecule has 0 aromatic carbocycles. The Bertz CT molecular complexity index is 323. The Morgan fingerprint density at radius 2 is 1.56 bits per heavy atom. The molecule has 0 heteroatoms. The van der Waals surface area contributed by atoms with Gasteiger partial charge in [-0.2, -0.15) is 0 Å². The zero-order chi connectivity index (χ0) is 10.6. The summed E-state index contributed by atoms with van der Waals surface area (Å²) in [5.74, 6) is 3.23. The molecule has 0 nitrogen and oxygen atoms in total. The molecule has 0 saturated heterocycles. The summed E-state index contributed by atoms with van der Waals surface area (Å²) in [5, 5.41) is 0. The van der Waals surface area contributed by atoms with Crippen molar-refractivity contribution in [2.45, 2.75) is 44.9 Å². The van der Waals surface area contributed by atoms with Crippen LogP contribution in [0.25, 0.3) is 0 Å². The van der Waals surface area contributed by atoms with Gasteiger partial charge in [0.25, 0.3) is 0 Å². The zero-order valence-corrected chi connectivity index (χ0v) is 9.99. The number of rotatable bonds is 1. The van der Waals surface area contributed by atoms with E-state index in [9.17, 15) is 0 Å². The van der Waals surface area contributed by atoms with Crippen LogP contribution in [0.2, 0.25) is 0 Å². The molecule has 4 fully saturated rings. The van der Waals surface area contributed by atoms with Crippen molar-refractivity contribution in [2.75, 3.05) is 0 Å². The highest BCUT2D eigenvalue weighted by molar-refractivity contribution is 5.34. The Morgan fingerprint density at radius 3 is 2.06 bits per heavy atom. The summed E-state index contributed by atoms with van der Waals surface area (Å²) in [5.41, 5.74) is 2.33. The first kappa shape index (κ1) is 9.50. The molecule has 5 aliphatic carbocycles. The van der Waals surface area contributed by atoms with Gasteiger partial charge in [0, 0.05) is 0 Å². The van der Waals surface area contributed by atoms with E-state index in [1.54, 1.807) is 24.8 Å². The second-order valence-electron chi connectivity index (χ2n) is 6.69. The fourth-order valence-corrected chi connectivity index (χ4v) is 5.37. The Hall–Kier alpha value is -0.520. The van der Waals surface area contributed by atoms with Crippen LogP contribution >= 0.6 is 0 Å². The Morgan fingerprint density at radius 1 is 0.938 bits per heavy atom. The maximum atomic E-state index is 2.51. The van der Waals surface area contributed by atoms with Crippen LogP contribution in [0.5, 0.6) is 0 Å². The van der Waals surface area contributed by atoms with Crippen molar-refractivity contribution in [3.05, 3.63) is 30.2 Å². The molecule has 0 aliphatic heterocycles. The van der Waals surface area contributed by atoms with Gasteiger partial charge in [-0.1, -0.05) is 23.8 Å². The first-order valence-corrected chi connectivity index (χ1v) is 7.05. The van der Waals surface area contributed by atoms with Gasteiger partial charge in [-0.3, -0.25) is 0 Å². The fourth-order valence-electron chi connectivity index (χ4n) is 5.37. The maximum absolute atomic E-state index is 2.51. The second kappa shape index (κ2) is 3.24. The predicted octanol–water partition coefficient (Wildman–Crippen LogP) is 4.29. The summed E-state index contributed by atoms with van der Waals surface area (Å²) >= 11 is 0. The van der Waals surface area contributed by atoms with Crippen LogP contribution < -0.4 is 0 Å². The van der Waals surface area contributed by atoms with Crippen LogP contribution in [0.15, 0.2) is 23.8 Å². The molecule has 0 N–H and O–H groups in total. The molecule has 0 heterocycles. The number of hydrogen-bond acceptors (Lipinski definition) is 0. The molecular formula is C16H21. The summed E-state index contributed by atoms with van der Waals surface area (Å²) in [6.45, 7) is 0. The molecule has 0 amide bonds. The third kappa shape index (κ3) is 1.28. The third-order valence-electron chi connectivity index (χ3n) is 5.54. The maximum Gasteiger partial charge on any atom is -0.00739 e. The van der Waals surface area contributed by atoms with E-state index in [1.165, 1.54) is 25.7 Å². The normalized spacial score (nSPS) is 49.5. The van der Waals surface area contributed by atoms with Crippen LogP contribution in [-0.4, -0.2) is 0 Å². The van der Waals surface area contributed by atoms with E-state index < -0.39 is 0 Å². The molecule has 0 aromatic heterocycles. The van der Waals surface area contributed by atoms with Crippen LogP contribution in [0.4, 0.5) is 0 Å². The first-order valence-electron chi connectivity index (χ1n) is 7.05. The molecule has 1 radical (unpaired) electrons. The van der Waals surface area contributed by atoms with E-state index in [4.69, 9.17) is 0 Å². The minimum absolute atomic E-state index is 0.625. The van der Waals surface area contributed by atoms with Crippen LogP contribution in [0, 0.1) is 29.6 Å². The monoisotopic (exact) mass is 213 g/mol. The second-order valence-corrected chi connectivity index (χ2v) is 6.69. The lowest BCUT2D eigenvalue weighted by Gasteiger charge is -2.58. The molecule has 5 aliphatic rings. The highest BCUT2D eigenvalue weighted by Gasteiger charge is 2.52. The van der Waals surface area contributed by atoms with Gasteiger partial charge in [0.2, 0.25) is 0 Å². The predicted molar refractivity (Wildman–Crippen MR) is 66.7 cm³/mol. The van der Waals surface area contributed by atoms with Gasteiger partial charge in [0.15, 0.2) is 0 Å². The van der Waals surface area contributed by atoms with Gasteiger partial charge in [-0.25, -0.2) is 0 Å². The molecule has 0 aromatic rings. The van der Waals surface area contributed by atoms with E-state index in [0.29, 0.717) is 5.41 Å². The van der Waals surface area contributed by atoms with Crippen molar-refractivity contribution >= 4 is 0 Å². The van der Waals surface area contributed by atoms with Gasteiger partial charge < -0.3 is 0 Å². The Kier molecular flexibility index (Phi) is 1.93. The van der Waals surface area contributed by atoms with Crippen LogP contribution in [0.3, 0.4) is 0 Å². The summed E-state index contributed by atoms with van der Waals surface area (Å²) in [4.78, 5) is 0.